The third-order valence-electron chi connectivity index (χ3n) is 3.55. The number of halogens is 1. The van der Waals surface area contributed by atoms with Gasteiger partial charge < -0.3 is 10.1 Å². The minimum atomic E-state index is -0.395. The molecular formula is C16H17ClN2O2S. The lowest BCUT2D eigenvalue weighted by molar-refractivity contribution is 0.0909. The van der Waals surface area contributed by atoms with Gasteiger partial charge in [0.25, 0.3) is 0 Å². The van der Waals surface area contributed by atoms with Crippen LogP contribution < -0.4 is 10.6 Å². The van der Waals surface area contributed by atoms with E-state index in [2.05, 4.69) is 10.6 Å². The molecule has 3 rings (SSSR count). The molecule has 0 atom stereocenters. The van der Waals surface area contributed by atoms with E-state index < -0.39 is 6.09 Å². The number of carbonyl (C=O) groups is 1. The summed E-state index contributed by atoms with van der Waals surface area (Å²) in [5.74, 6) is 0. The predicted molar refractivity (Wildman–Crippen MR) is 90.8 cm³/mol. The highest BCUT2D eigenvalue weighted by Gasteiger charge is 2.18. The van der Waals surface area contributed by atoms with Gasteiger partial charge in [-0.2, -0.15) is 0 Å². The Morgan fingerprint density at radius 1 is 1.32 bits per heavy atom. The zero-order valence-corrected chi connectivity index (χ0v) is 13.5. The summed E-state index contributed by atoms with van der Waals surface area (Å²) in [4.78, 5) is 13.0. The zero-order chi connectivity index (χ0) is 15.4. The maximum atomic E-state index is 12.1. The van der Waals surface area contributed by atoms with Gasteiger partial charge in [-0.15, -0.1) is 11.3 Å². The molecular weight excluding hydrogens is 320 g/mol. The normalized spacial score (nSPS) is 15.5. The van der Waals surface area contributed by atoms with Crippen molar-refractivity contribution >= 4 is 34.7 Å². The topological polar surface area (TPSA) is 50.4 Å². The highest BCUT2D eigenvalue weighted by Crippen LogP contribution is 2.34. The number of nitrogens with one attached hydrogen (secondary N) is 2. The summed E-state index contributed by atoms with van der Waals surface area (Å²) in [5, 5.41) is 8.70. The molecule has 2 aromatic rings. The Bertz CT molecular complexity index is 653. The number of amides is 1. The van der Waals surface area contributed by atoms with Gasteiger partial charge in [0.05, 0.1) is 10.6 Å². The van der Waals surface area contributed by atoms with Crippen molar-refractivity contribution in [2.75, 3.05) is 18.4 Å². The number of piperidine rings is 1. The van der Waals surface area contributed by atoms with Gasteiger partial charge >= 0.3 is 6.09 Å². The summed E-state index contributed by atoms with van der Waals surface area (Å²) in [5.41, 5.74) is 1.74. The molecule has 1 aliphatic rings. The van der Waals surface area contributed by atoms with Gasteiger partial charge in [-0.3, -0.25) is 5.32 Å². The van der Waals surface area contributed by atoms with Crippen LogP contribution in [0.5, 0.6) is 0 Å². The standard InChI is InChI=1S/C16H17ClN2O2S/c17-12-3-1-2-11(10-12)15-14(6-9-22-15)19-16(20)21-13-4-7-18-8-5-13/h1-3,6,9-10,13,18H,4-5,7-8H2,(H,19,20). The Kier molecular flexibility index (Phi) is 4.97. The summed E-state index contributed by atoms with van der Waals surface area (Å²) in [7, 11) is 0. The van der Waals surface area contributed by atoms with Gasteiger partial charge in [0.15, 0.2) is 0 Å². The minimum Gasteiger partial charge on any atom is -0.446 e. The van der Waals surface area contributed by atoms with Crippen molar-refractivity contribution in [1.29, 1.82) is 0 Å². The Balaban J connectivity index is 1.68. The molecule has 1 aromatic carbocycles. The molecule has 1 aromatic heterocycles. The molecule has 22 heavy (non-hydrogen) atoms. The Morgan fingerprint density at radius 3 is 2.91 bits per heavy atom. The first-order chi connectivity index (χ1) is 10.7. The van der Waals surface area contributed by atoms with Gasteiger partial charge in [0.2, 0.25) is 0 Å². The van der Waals surface area contributed by atoms with Crippen LogP contribution in [0.4, 0.5) is 10.5 Å². The van der Waals surface area contributed by atoms with E-state index in [0.29, 0.717) is 5.02 Å². The van der Waals surface area contributed by atoms with E-state index in [-0.39, 0.29) is 6.10 Å². The van der Waals surface area contributed by atoms with Crippen molar-refractivity contribution in [2.24, 2.45) is 0 Å². The van der Waals surface area contributed by atoms with E-state index in [1.54, 1.807) is 11.3 Å². The SMILES string of the molecule is O=C(Nc1ccsc1-c1cccc(Cl)c1)OC1CCNCC1. The monoisotopic (exact) mass is 336 g/mol. The van der Waals surface area contributed by atoms with Gasteiger partial charge in [-0.1, -0.05) is 23.7 Å². The molecule has 0 unspecified atom stereocenters. The average molecular weight is 337 g/mol. The van der Waals surface area contributed by atoms with Crippen LogP contribution in [0, 0.1) is 0 Å². The van der Waals surface area contributed by atoms with Crippen molar-refractivity contribution < 1.29 is 9.53 Å². The Hall–Kier alpha value is -1.56. The molecule has 2 heterocycles. The molecule has 116 valence electrons. The lowest BCUT2D eigenvalue weighted by atomic mass is 10.1. The molecule has 4 nitrogen and oxygen atoms in total. The van der Waals surface area contributed by atoms with Gasteiger partial charge in [0, 0.05) is 5.02 Å². The largest absolute Gasteiger partial charge is 0.446 e. The highest BCUT2D eigenvalue weighted by atomic mass is 35.5. The fourth-order valence-electron chi connectivity index (χ4n) is 2.47. The van der Waals surface area contributed by atoms with Gasteiger partial charge in [-0.25, -0.2) is 4.79 Å². The number of hydrogen-bond acceptors (Lipinski definition) is 4. The highest BCUT2D eigenvalue weighted by molar-refractivity contribution is 7.14. The second-order valence-corrected chi connectivity index (χ2v) is 6.51. The van der Waals surface area contributed by atoms with Crippen LogP contribution in [0.25, 0.3) is 10.4 Å². The number of carbonyl (C=O) groups excluding carboxylic acids is 1. The van der Waals surface area contributed by atoms with Crippen LogP contribution in [0.3, 0.4) is 0 Å². The first-order valence-corrected chi connectivity index (χ1v) is 8.50. The average Bonchev–Trinajstić information content (AvgIpc) is 2.96. The summed E-state index contributed by atoms with van der Waals surface area (Å²) < 4.78 is 5.47. The van der Waals surface area contributed by atoms with Crippen molar-refractivity contribution in [3.05, 3.63) is 40.7 Å². The van der Waals surface area contributed by atoms with Crippen molar-refractivity contribution in [3.8, 4) is 10.4 Å². The number of ether oxygens (including phenoxy) is 1. The molecule has 1 saturated heterocycles. The molecule has 0 saturated carbocycles. The fourth-order valence-corrected chi connectivity index (χ4v) is 3.50. The first kappa shape index (κ1) is 15.3. The Labute approximate surface area is 138 Å². The molecule has 0 aliphatic carbocycles. The van der Waals surface area contributed by atoms with E-state index in [0.717, 1.165) is 42.1 Å². The number of benzene rings is 1. The summed E-state index contributed by atoms with van der Waals surface area (Å²) in [6, 6.07) is 9.47. The maximum Gasteiger partial charge on any atom is 0.411 e. The van der Waals surface area contributed by atoms with Crippen LogP contribution in [-0.2, 0) is 4.74 Å². The van der Waals surface area contributed by atoms with Crippen LogP contribution in [0.1, 0.15) is 12.8 Å². The van der Waals surface area contributed by atoms with Crippen molar-refractivity contribution in [2.45, 2.75) is 18.9 Å². The lowest BCUT2D eigenvalue weighted by Gasteiger charge is -2.22. The van der Waals surface area contributed by atoms with Crippen molar-refractivity contribution in [3.63, 3.8) is 0 Å². The number of anilines is 1. The second-order valence-electron chi connectivity index (χ2n) is 5.15. The quantitative estimate of drug-likeness (QED) is 0.875. The number of thiophene rings is 1. The molecule has 0 radical (unpaired) electrons. The number of hydrogen-bond donors (Lipinski definition) is 2. The predicted octanol–water partition coefficient (Wildman–Crippen LogP) is 4.37. The second kappa shape index (κ2) is 7.13. The maximum absolute atomic E-state index is 12.1. The molecule has 1 aliphatic heterocycles. The fraction of sp³-hybridized carbons (Fsp3) is 0.312. The van der Waals surface area contributed by atoms with Gasteiger partial charge in [0.1, 0.15) is 6.10 Å². The minimum absolute atomic E-state index is 0.00509. The summed E-state index contributed by atoms with van der Waals surface area (Å²) >= 11 is 7.60. The van der Waals surface area contributed by atoms with Crippen LogP contribution in [-0.4, -0.2) is 25.3 Å². The van der Waals surface area contributed by atoms with Gasteiger partial charge in [-0.05, 0) is 55.1 Å². The molecule has 6 heteroatoms. The zero-order valence-electron chi connectivity index (χ0n) is 12.0. The smallest absolute Gasteiger partial charge is 0.411 e. The molecule has 1 amide bonds. The Morgan fingerprint density at radius 2 is 2.14 bits per heavy atom. The lowest BCUT2D eigenvalue weighted by Crippen LogP contribution is -2.34. The van der Waals surface area contributed by atoms with E-state index in [1.165, 1.54) is 0 Å². The third kappa shape index (κ3) is 3.80. The molecule has 0 spiro atoms. The summed E-state index contributed by atoms with van der Waals surface area (Å²) in [6.07, 6.45) is 1.32. The van der Waals surface area contributed by atoms with E-state index in [9.17, 15) is 4.79 Å². The van der Waals surface area contributed by atoms with Crippen molar-refractivity contribution in [1.82, 2.24) is 5.32 Å². The first-order valence-electron chi connectivity index (χ1n) is 7.24. The molecule has 0 bridgehead atoms. The molecule has 2 N–H and O–H groups in total. The van der Waals surface area contributed by atoms with Crippen LogP contribution in [0.15, 0.2) is 35.7 Å². The van der Waals surface area contributed by atoms with E-state index in [1.807, 2.05) is 35.7 Å². The molecule has 1 fully saturated rings. The van der Waals surface area contributed by atoms with Crippen LogP contribution in [0.2, 0.25) is 5.02 Å². The van der Waals surface area contributed by atoms with Crippen LogP contribution >= 0.6 is 22.9 Å². The third-order valence-corrected chi connectivity index (χ3v) is 4.75. The van der Waals surface area contributed by atoms with E-state index >= 15 is 0 Å². The van der Waals surface area contributed by atoms with E-state index in [4.69, 9.17) is 16.3 Å². The summed E-state index contributed by atoms with van der Waals surface area (Å²) in [6.45, 7) is 1.79. The number of rotatable bonds is 3.